The molecule has 1 aliphatic heterocycles. The van der Waals surface area contributed by atoms with Crippen molar-refractivity contribution in [2.75, 3.05) is 19.8 Å². The standard InChI is InChI=1S/C15H17NO7S/c1-2-3-8-22-14(18)10-23-13(17)9-16-15(19)11-6-4-5-7-12(11)24(16,20)21/h4-7H,2-3,8-10H2,1H3. The molecule has 0 bridgehead atoms. The fourth-order valence-corrected chi connectivity index (χ4v) is 3.57. The number of ether oxygens (including phenoxy) is 2. The largest absolute Gasteiger partial charge is 0.463 e. The van der Waals surface area contributed by atoms with E-state index in [1.165, 1.54) is 24.3 Å². The molecule has 24 heavy (non-hydrogen) atoms. The van der Waals surface area contributed by atoms with E-state index in [2.05, 4.69) is 4.74 Å². The van der Waals surface area contributed by atoms with Crippen molar-refractivity contribution < 1.29 is 32.3 Å². The minimum atomic E-state index is -4.08. The van der Waals surface area contributed by atoms with Gasteiger partial charge in [0, 0.05) is 0 Å². The molecule has 0 radical (unpaired) electrons. The van der Waals surface area contributed by atoms with Crippen LogP contribution in [0.5, 0.6) is 0 Å². The molecule has 130 valence electrons. The molecule has 0 unspecified atom stereocenters. The quantitative estimate of drug-likeness (QED) is 0.524. The van der Waals surface area contributed by atoms with Crippen molar-refractivity contribution in [2.24, 2.45) is 0 Å². The lowest BCUT2D eigenvalue weighted by Crippen LogP contribution is -2.36. The summed E-state index contributed by atoms with van der Waals surface area (Å²) >= 11 is 0. The molecule has 0 saturated heterocycles. The molecule has 8 nitrogen and oxygen atoms in total. The maximum Gasteiger partial charge on any atom is 0.344 e. The predicted molar refractivity (Wildman–Crippen MR) is 81.5 cm³/mol. The van der Waals surface area contributed by atoms with Crippen LogP contribution in [0.25, 0.3) is 0 Å². The first-order valence-electron chi connectivity index (χ1n) is 7.35. The van der Waals surface area contributed by atoms with E-state index in [-0.39, 0.29) is 17.1 Å². The zero-order valence-electron chi connectivity index (χ0n) is 13.1. The maximum atomic E-state index is 12.2. The van der Waals surface area contributed by atoms with Crippen LogP contribution < -0.4 is 0 Å². The highest BCUT2D eigenvalue weighted by atomic mass is 32.2. The van der Waals surface area contributed by atoms with Gasteiger partial charge in [0.25, 0.3) is 15.9 Å². The molecular weight excluding hydrogens is 338 g/mol. The summed E-state index contributed by atoms with van der Waals surface area (Å²) in [6, 6.07) is 5.67. The van der Waals surface area contributed by atoms with E-state index in [0.29, 0.717) is 10.7 Å². The molecule has 1 amide bonds. The number of esters is 2. The van der Waals surface area contributed by atoms with Crippen LogP contribution in [-0.2, 0) is 29.1 Å². The normalized spacial score (nSPS) is 15.0. The van der Waals surface area contributed by atoms with Crippen molar-refractivity contribution >= 4 is 27.9 Å². The Labute approximate surface area is 139 Å². The Morgan fingerprint density at radius 3 is 2.50 bits per heavy atom. The Morgan fingerprint density at radius 1 is 1.12 bits per heavy atom. The number of hydrogen-bond acceptors (Lipinski definition) is 7. The van der Waals surface area contributed by atoms with Crippen LogP contribution in [0.15, 0.2) is 29.2 Å². The van der Waals surface area contributed by atoms with Gasteiger partial charge in [-0.3, -0.25) is 9.59 Å². The number of rotatable bonds is 7. The number of carbonyl (C=O) groups is 3. The summed E-state index contributed by atoms with van der Waals surface area (Å²) in [5, 5.41) is 0. The highest BCUT2D eigenvalue weighted by Crippen LogP contribution is 2.29. The first-order chi connectivity index (χ1) is 11.4. The Balaban J connectivity index is 1.93. The smallest absolute Gasteiger partial charge is 0.344 e. The number of benzene rings is 1. The molecule has 9 heteroatoms. The fraction of sp³-hybridized carbons (Fsp3) is 0.400. The number of nitrogens with zero attached hydrogens (tertiary/aromatic N) is 1. The van der Waals surface area contributed by atoms with E-state index in [0.717, 1.165) is 6.42 Å². The number of carbonyl (C=O) groups excluding carboxylic acids is 3. The van der Waals surface area contributed by atoms with E-state index < -0.39 is 41.0 Å². The van der Waals surface area contributed by atoms with Gasteiger partial charge in [0.15, 0.2) is 6.61 Å². The van der Waals surface area contributed by atoms with Crippen LogP contribution in [0.4, 0.5) is 0 Å². The van der Waals surface area contributed by atoms with Crippen molar-refractivity contribution in [3.05, 3.63) is 29.8 Å². The number of hydrogen-bond donors (Lipinski definition) is 0. The summed E-state index contributed by atoms with van der Waals surface area (Å²) in [4.78, 5) is 35.0. The van der Waals surface area contributed by atoms with Gasteiger partial charge in [-0.1, -0.05) is 25.5 Å². The SMILES string of the molecule is CCCCOC(=O)COC(=O)CN1C(=O)c2ccccc2S1(=O)=O. The van der Waals surface area contributed by atoms with Crippen molar-refractivity contribution in [3.63, 3.8) is 0 Å². The fourth-order valence-electron chi connectivity index (χ4n) is 2.06. The van der Waals surface area contributed by atoms with E-state index in [1.807, 2.05) is 6.92 Å². The third kappa shape index (κ3) is 3.73. The molecule has 1 aromatic carbocycles. The van der Waals surface area contributed by atoms with Gasteiger partial charge in [-0.15, -0.1) is 0 Å². The zero-order chi connectivity index (χ0) is 17.7. The van der Waals surface area contributed by atoms with Gasteiger partial charge in [-0.25, -0.2) is 17.5 Å². The lowest BCUT2D eigenvalue weighted by Gasteiger charge is -2.14. The lowest BCUT2D eigenvalue weighted by atomic mass is 10.2. The van der Waals surface area contributed by atoms with Gasteiger partial charge in [0.1, 0.15) is 11.4 Å². The van der Waals surface area contributed by atoms with Crippen molar-refractivity contribution in [2.45, 2.75) is 24.7 Å². The van der Waals surface area contributed by atoms with Crippen molar-refractivity contribution in [1.82, 2.24) is 4.31 Å². The monoisotopic (exact) mass is 355 g/mol. The Hall–Kier alpha value is -2.42. The van der Waals surface area contributed by atoms with Crippen LogP contribution in [-0.4, -0.2) is 50.3 Å². The minimum absolute atomic E-state index is 0.00396. The summed E-state index contributed by atoms with van der Waals surface area (Å²) < 4.78 is 34.4. The molecule has 0 aliphatic carbocycles. The van der Waals surface area contributed by atoms with E-state index in [9.17, 15) is 22.8 Å². The van der Waals surface area contributed by atoms with Crippen molar-refractivity contribution in [1.29, 1.82) is 0 Å². The molecule has 0 spiro atoms. The number of fused-ring (bicyclic) bond motifs is 1. The van der Waals surface area contributed by atoms with Crippen LogP contribution in [0.1, 0.15) is 30.1 Å². The summed E-state index contributed by atoms with van der Waals surface area (Å²) in [7, 11) is -4.08. The van der Waals surface area contributed by atoms with E-state index >= 15 is 0 Å². The van der Waals surface area contributed by atoms with Gasteiger partial charge in [0.05, 0.1) is 12.2 Å². The molecule has 0 N–H and O–H groups in total. The van der Waals surface area contributed by atoms with Crippen molar-refractivity contribution in [3.8, 4) is 0 Å². The van der Waals surface area contributed by atoms with Crippen LogP contribution in [0.2, 0.25) is 0 Å². The summed E-state index contributed by atoms with van der Waals surface area (Å²) in [6.07, 6.45) is 1.54. The van der Waals surface area contributed by atoms with Gasteiger partial charge in [-0.05, 0) is 18.6 Å². The predicted octanol–water partition coefficient (Wildman–Crippen LogP) is 0.718. The van der Waals surface area contributed by atoms with Gasteiger partial charge in [0.2, 0.25) is 0 Å². The highest BCUT2D eigenvalue weighted by molar-refractivity contribution is 7.90. The number of amides is 1. The lowest BCUT2D eigenvalue weighted by molar-refractivity contribution is -0.158. The van der Waals surface area contributed by atoms with Crippen LogP contribution in [0.3, 0.4) is 0 Å². The molecule has 0 atom stereocenters. The Morgan fingerprint density at radius 2 is 1.83 bits per heavy atom. The summed E-state index contributed by atoms with van der Waals surface area (Å²) in [5.41, 5.74) is 0.00396. The highest BCUT2D eigenvalue weighted by Gasteiger charge is 2.42. The summed E-state index contributed by atoms with van der Waals surface area (Å²) in [6.45, 7) is 0.732. The van der Waals surface area contributed by atoms with Crippen LogP contribution >= 0.6 is 0 Å². The first-order valence-corrected chi connectivity index (χ1v) is 8.79. The number of unbranched alkanes of at least 4 members (excludes halogenated alkanes) is 1. The van der Waals surface area contributed by atoms with E-state index in [4.69, 9.17) is 4.74 Å². The minimum Gasteiger partial charge on any atom is -0.463 e. The third-order valence-corrected chi connectivity index (χ3v) is 5.08. The Bertz CT molecular complexity index is 757. The third-order valence-electron chi connectivity index (χ3n) is 3.30. The second-order valence-corrected chi connectivity index (χ2v) is 6.88. The average molecular weight is 355 g/mol. The van der Waals surface area contributed by atoms with Gasteiger partial charge < -0.3 is 9.47 Å². The molecule has 1 aromatic rings. The van der Waals surface area contributed by atoms with Gasteiger partial charge >= 0.3 is 11.9 Å². The molecule has 1 heterocycles. The molecule has 1 aliphatic rings. The molecule has 2 rings (SSSR count). The molecule has 0 fully saturated rings. The molecular formula is C15H17NO7S. The second-order valence-electron chi connectivity index (χ2n) is 5.05. The molecule has 0 saturated carbocycles. The van der Waals surface area contributed by atoms with E-state index in [1.54, 1.807) is 0 Å². The number of sulfonamides is 1. The Kier molecular flexibility index (Phi) is 5.55. The first kappa shape index (κ1) is 17.9. The van der Waals surface area contributed by atoms with Crippen LogP contribution in [0, 0.1) is 0 Å². The maximum absolute atomic E-state index is 12.2. The second kappa shape index (κ2) is 7.43. The van der Waals surface area contributed by atoms with Gasteiger partial charge in [-0.2, -0.15) is 0 Å². The zero-order valence-corrected chi connectivity index (χ0v) is 13.9. The average Bonchev–Trinajstić information content (AvgIpc) is 2.75. The molecule has 0 aromatic heterocycles. The summed E-state index contributed by atoms with van der Waals surface area (Å²) in [5.74, 6) is -2.53. The topological polar surface area (TPSA) is 107 Å².